The normalized spacial score (nSPS) is 16.0. The molecule has 0 bridgehead atoms. The molecule has 0 saturated carbocycles. The second-order valence-corrected chi connectivity index (χ2v) is 11.0. The smallest absolute Gasteiger partial charge is 0.416 e. The van der Waals surface area contributed by atoms with Gasteiger partial charge in [-0.15, -0.1) is 0 Å². The molecular formula is C34H39F3N2O3. The van der Waals surface area contributed by atoms with E-state index in [1.807, 2.05) is 25.1 Å². The van der Waals surface area contributed by atoms with Gasteiger partial charge >= 0.3 is 12.1 Å². The fourth-order valence-electron chi connectivity index (χ4n) is 5.72. The highest BCUT2D eigenvalue weighted by molar-refractivity contribution is 6.01. The quantitative estimate of drug-likeness (QED) is 0.243. The van der Waals surface area contributed by atoms with E-state index < -0.39 is 11.7 Å². The van der Waals surface area contributed by atoms with Crippen LogP contribution in [0.4, 0.5) is 13.2 Å². The van der Waals surface area contributed by atoms with Gasteiger partial charge in [0.15, 0.2) is 0 Å². The highest BCUT2D eigenvalue weighted by atomic mass is 19.4. The summed E-state index contributed by atoms with van der Waals surface area (Å²) in [6.45, 7) is 6.76. The second-order valence-electron chi connectivity index (χ2n) is 11.0. The molecule has 1 fully saturated rings. The van der Waals surface area contributed by atoms with E-state index in [4.69, 9.17) is 4.74 Å². The average molecular weight is 581 g/mol. The van der Waals surface area contributed by atoms with Gasteiger partial charge in [-0.1, -0.05) is 74.5 Å². The topological polar surface area (TPSA) is 58.6 Å². The molecule has 1 heterocycles. The van der Waals surface area contributed by atoms with E-state index in [1.54, 1.807) is 24.3 Å². The number of amides is 1. The summed E-state index contributed by atoms with van der Waals surface area (Å²) in [7, 11) is 0. The van der Waals surface area contributed by atoms with Crippen molar-refractivity contribution in [2.75, 3.05) is 26.2 Å². The third kappa shape index (κ3) is 7.79. The molecule has 8 heteroatoms. The number of nitrogens with zero attached hydrogens (tertiary/aromatic N) is 1. The number of hydrogen-bond donors (Lipinski definition) is 1. The largest absolute Gasteiger partial charge is 0.466 e. The van der Waals surface area contributed by atoms with Crippen LogP contribution < -0.4 is 5.32 Å². The fourth-order valence-corrected chi connectivity index (χ4v) is 5.72. The van der Waals surface area contributed by atoms with E-state index in [0.29, 0.717) is 36.3 Å². The Balaban J connectivity index is 1.41. The third-order valence-corrected chi connectivity index (χ3v) is 8.16. The number of halogens is 3. The minimum absolute atomic E-state index is 0.0308. The molecule has 0 radical (unpaired) electrons. The predicted molar refractivity (Wildman–Crippen MR) is 158 cm³/mol. The van der Waals surface area contributed by atoms with Crippen molar-refractivity contribution in [3.63, 3.8) is 0 Å². The summed E-state index contributed by atoms with van der Waals surface area (Å²) >= 11 is 0. The number of esters is 1. The van der Waals surface area contributed by atoms with Crippen molar-refractivity contribution in [3.8, 4) is 11.1 Å². The first-order valence-corrected chi connectivity index (χ1v) is 14.7. The Hall–Kier alpha value is -3.65. The molecule has 0 spiro atoms. The van der Waals surface area contributed by atoms with Crippen molar-refractivity contribution in [1.29, 1.82) is 0 Å². The van der Waals surface area contributed by atoms with Gasteiger partial charge in [0, 0.05) is 36.7 Å². The molecule has 224 valence electrons. The first-order valence-electron chi connectivity index (χ1n) is 14.7. The minimum atomic E-state index is -4.42. The van der Waals surface area contributed by atoms with Crippen LogP contribution in [-0.2, 0) is 21.1 Å². The van der Waals surface area contributed by atoms with Crippen LogP contribution in [0.25, 0.3) is 11.1 Å². The van der Waals surface area contributed by atoms with Gasteiger partial charge in [-0.05, 0) is 60.6 Å². The number of carbonyl (C=O) groups is 2. The molecule has 1 unspecified atom stereocenters. The van der Waals surface area contributed by atoms with Crippen molar-refractivity contribution in [3.05, 3.63) is 95.6 Å². The highest BCUT2D eigenvalue weighted by Crippen LogP contribution is 2.35. The molecule has 5 nitrogen and oxygen atoms in total. The van der Waals surface area contributed by atoms with E-state index in [-0.39, 0.29) is 23.3 Å². The maximum atomic E-state index is 13.3. The summed E-state index contributed by atoms with van der Waals surface area (Å²) in [6.07, 6.45) is -1.03. The van der Waals surface area contributed by atoms with Crippen LogP contribution in [0, 0.1) is 0 Å². The van der Waals surface area contributed by atoms with Crippen LogP contribution in [0.1, 0.15) is 67.4 Å². The number of carbonyl (C=O) groups excluding carboxylic acids is 2. The molecule has 1 N–H and O–H groups in total. The van der Waals surface area contributed by atoms with Gasteiger partial charge in [0.2, 0.25) is 0 Å². The number of piperidine rings is 1. The Kier molecular flexibility index (Phi) is 10.4. The molecule has 0 aliphatic carbocycles. The monoisotopic (exact) mass is 580 g/mol. The molecule has 1 aliphatic rings. The van der Waals surface area contributed by atoms with Crippen molar-refractivity contribution >= 4 is 11.9 Å². The lowest BCUT2D eigenvalue weighted by atomic mass is 9.74. The summed E-state index contributed by atoms with van der Waals surface area (Å²) in [5, 5.41) is 3.15. The summed E-state index contributed by atoms with van der Waals surface area (Å²) in [6, 6.07) is 22.0. The molecule has 1 aliphatic heterocycles. The van der Waals surface area contributed by atoms with Crippen LogP contribution in [-0.4, -0.2) is 49.1 Å². The Labute approximate surface area is 246 Å². The second kappa shape index (κ2) is 14.0. The lowest BCUT2D eigenvalue weighted by molar-refractivity contribution is -0.145. The van der Waals surface area contributed by atoms with E-state index >= 15 is 0 Å². The third-order valence-electron chi connectivity index (χ3n) is 8.16. The molecule has 42 heavy (non-hydrogen) atoms. The Morgan fingerprint density at radius 2 is 1.52 bits per heavy atom. The highest BCUT2D eigenvalue weighted by Gasteiger charge is 2.37. The number of nitrogens with one attached hydrogen (secondary N) is 1. The van der Waals surface area contributed by atoms with Crippen molar-refractivity contribution in [1.82, 2.24) is 10.2 Å². The summed E-state index contributed by atoms with van der Waals surface area (Å²) in [5.41, 5.74) is 1.60. The molecule has 1 atom stereocenters. The summed E-state index contributed by atoms with van der Waals surface area (Å²) in [5.74, 6) is -0.425. The lowest BCUT2D eigenvalue weighted by Crippen LogP contribution is -2.49. The molecule has 1 amide bonds. The first kappa shape index (κ1) is 31.3. The number of ether oxygens (including phenoxy) is 1. The molecule has 3 aromatic carbocycles. The Morgan fingerprint density at radius 3 is 2.14 bits per heavy atom. The van der Waals surface area contributed by atoms with Gasteiger partial charge in [0.05, 0.1) is 18.6 Å². The number of likely N-dealkylation sites (tertiary alicyclic amines) is 1. The van der Waals surface area contributed by atoms with Crippen molar-refractivity contribution in [2.24, 2.45) is 0 Å². The predicted octanol–water partition coefficient (Wildman–Crippen LogP) is 7.26. The average Bonchev–Trinajstić information content (AvgIpc) is 3.00. The van der Waals surface area contributed by atoms with Crippen LogP contribution in [0.2, 0.25) is 0 Å². The van der Waals surface area contributed by atoms with Crippen LogP contribution in [0.15, 0.2) is 78.9 Å². The van der Waals surface area contributed by atoms with Crippen molar-refractivity contribution in [2.45, 2.75) is 63.6 Å². The zero-order valence-electron chi connectivity index (χ0n) is 24.3. The van der Waals surface area contributed by atoms with Gasteiger partial charge < -0.3 is 15.0 Å². The van der Waals surface area contributed by atoms with Crippen molar-refractivity contribution < 1.29 is 27.5 Å². The maximum absolute atomic E-state index is 13.3. The van der Waals surface area contributed by atoms with Crippen LogP contribution in [0.5, 0.6) is 0 Å². The molecular weight excluding hydrogens is 541 g/mol. The van der Waals surface area contributed by atoms with E-state index in [9.17, 15) is 22.8 Å². The van der Waals surface area contributed by atoms with E-state index in [0.717, 1.165) is 56.5 Å². The minimum Gasteiger partial charge on any atom is -0.466 e. The SMILES string of the molecule is CCCOC(=O)CC(CC)(CN1CCC(NC(=O)c2ccccc2-c2ccc(C(F)(F)F)cc2)CC1)c1ccccc1. The fraction of sp³-hybridized carbons (Fsp3) is 0.412. The Bertz CT molecular complexity index is 1320. The van der Waals surface area contributed by atoms with Gasteiger partial charge in [0.1, 0.15) is 0 Å². The van der Waals surface area contributed by atoms with Crippen LogP contribution in [0.3, 0.4) is 0 Å². The van der Waals surface area contributed by atoms with Gasteiger partial charge in [-0.2, -0.15) is 13.2 Å². The molecule has 3 aromatic rings. The summed E-state index contributed by atoms with van der Waals surface area (Å²) < 4.78 is 44.6. The van der Waals surface area contributed by atoms with Gasteiger partial charge in [-0.25, -0.2) is 0 Å². The van der Waals surface area contributed by atoms with E-state index in [1.165, 1.54) is 12.1 Å². The maximum Gasteiger partial charge on any atom is 0.416 e. The number of rotatable bonds is 11. The molecule has 0 aromatic heterocycles. The van der Waals surface area contributed by atoms with Gasteiger partial charge in [-0.3, -0.25) is 9.59 Å². The molecule has 4 rings (SSSR count). The number of hydrogen-bond acceptors (Lipinski definition) is 4. The summed E-state index contributed by atoms with van der Waals surface area (Å²) in [4.78, 5) is 28.4. The lowest BCUT2D eigenvalue weighted by Gasteiger charge is -2.41. The number of benzene rings is 3. The Morgan fingerprint density at radius 1 is 0.881 bits per heavy atom. The number of alkyl halides is 3. The first-order chi connectivity index (χ1) is 20.1. The van der Waals surface area contributed by atoms with Gasteiger partial charge in [0.25, 0.3) is 5.91 Å². The van der Waals surface area contributed by atoms with E-state index in [2.05, 4.69) is 29.3 Å². The standard InChI is InChI=1S/C34H39F3N2O3/c1-3-22-42-31(40)23-33(4-2,26-10-6-5-7-11-26)24-39-20-18-28(19-21-39)38-32(41)30-13-9-8-12-29(30)25-14-16-27(17-15-25)34(35,36)37/h5-17,28H,3-4,18-24H2,1-2H3,(H,38,41). The van der Waals surface area contributed by atoms with Crippen LogP contribution >= 0.6 is 0 Å². The molecule has 1 saturated heterocycles. The zero-order valence-corrected chi connectivity index (χ0v) is 24.3. The zero-order chi connectivity index (χ0) is 30.2.